The number of amides is 2. The van der Waals surface area contributed by atoms with Crippen molar-refractivity contribution in [2.45, 2.75) is 5.92 Å². The molecule has 0 aliphatic heterocycles. The Morgan fingerprint density at radius 2 is 1.15 bits per heavy atom. The van der Waals surface area contributed by atoms with E-state index < -0.39 is 5.92 Å². The van der Waals surface area contributed by atoms with E-state index in [0.717, 1.165) is 11.1 Å². The fourth-order valence-corrected chi connectivity index (χ4v) is 4.00. The molecule has 6 heteroatoms. The third-order valence-electron chi connectivity index (χ3n) is 5.11. The van der Waals surface area contributed by atoms with Gasteiger partial charge in [0.15, 0.2) is 0 Å². The van der Waals surface area contributed by atoms with Crippen LogP contribution in [-0.4, -0.2) is 11.8 Å². The van der Waals surface area contributed by atoms with Crippen LogP contribution in [0.25, 0.3) is 0 Å². The Hall–Kier alpha value is -3.60. The van der Waals surface area contributed by atoms with Crippen LogP contribution in [0.1, 0.15) is 27.4 Å². The highest BCUT2D eigenvalue weighted by Crippen LogP contribution is 2.27. The number of hydrogen-bond donors (Lipinski definition) is 2. The molecule has 0 heterocycles. The van der Waals surface area contributed by atoms with Crippen molar-refractivity contribution >= 4 is 46.4 Å². The summed E-state index contributed by atoms with van der Waals surface area (Å²) < 4.78 is 0. The van der Waals surface area contributed by atoms with Crippen LogP contribution in [0, 0.1) is 0 Å². The van der Waals surface area contributed by atoms with E-state index in [1.165, 1.54) is 6.07 Å². The third-order valence-corrected chi connectivity index (χ3v) is 5.66. The maximum absolute atomic E-state index is 13.2. The van der Waals surface area contributed by atoms with Crippen LogP contribution in [0.15, 0.2) is 103 Å². The molecule has 0 unspecified atom stereocenters. The molecule has 0 atom stereocenters. The maximum Gasteiger partial charge on any atom is 0.257 e. The van der Waals surface area contributed by atoms with Gasteiger partial charge in [-0.1, -0.05) is 83.9 Å². The number of nitrogens with one attached hydrogen (secondary N) is 2. The SMILES string of the molecule is O=C(Nc1ccc(NC(=O)C(c2ccccc2)c2ccccc2)cc1)c1ccc(Cl)cc1Cl. The lowest BCUT2D eigenvalue weighted by molar-refractivity contribution is -0.116. The van der Waals surface area contributed by atoms with Gasteiger partial charge in [0, 0.05) is 16.4 Å². The Balaban J connectivity index is 1.48. The normalized spacial score (nSPS) is 10.6. The summed E-state index contributed by atoms with van der Waals surface area (Å²) in [5.41, 5.74) is 3.34. The van der Waals surface area contributed by atoms with Gasteiger partial charge in [-0.05, 0) is 53.6 Å². The zero-order chi connectivity index (χ0) is 23.2. The highest BCUT2D eigenvalue weighted by atomic mass is 35.5. The predicted octanol–water partition coefficient (Wildman–Crippen LogP) is 7.02. The van der Waals surface area contributed by atoms with Crippen LogP contribution in [0.4, 0.5) is 11.4 Å². The van der Waals surface area contributed by atoms with Crippen LogP contribution < -0.4 is 10.6 Å². The van der Waals surface area contributed by atoms with Gasteiger partial charge in [0.1, 0.15) is 0 Å². The van der Waals surface area contributed by atoms with E-state index in [2.05, 4.69) is 10.6 Å². The van der Waals surface area contributed by atoms with E-state index in [9.17, 15) is 9.59 Å². The summed E-state index contributed by atoms with van der Waals surface area (Å²) in [6.45, 7) is 0. The highest BCUT2D eigenvalue weighted by molar-refractivity contribution is 6.37. The minimum absolute atomic E-state index is 0.142. The quantitative estimate of drug-likeness (QED) is 0.315. The van der Waals surface area contributed by atoms with Gasteiger partial charge in [-0.15, -0.1) is 0 Å². The summed E-state index contributed by atoms with van der Waals surface area (Å²) >= 11 is 12.0. The molecule has 0 radical (unpaired) electrons. The van der Waals surface area contributed by atoms with Crippen LogP contribution in [0.2, 0.25) is 10.0 Å². The van der Waals surface area contributed by atoms with E-state index in [1.54, 1.807) is 36.4 Å². The Labute approximate surface area is 202 Å². The van der Waals surface area contributed by atoms with Gasteiger partial charge < -0.3 is 10.6 Å². The molecule has 0 fully saturated rings. The van der Waals surface area contributed by atoms with Gasteiger partial charge >= 0.3 is 0 Å². The minimum Gasteiger partial charge on any atom is -0.325 e. The second-order valence-electron chi connectivity index (χ2n) is 7.40. The molecule has 0 aromatic heterocycles. The van der Waals surface area contributed by atoms with E-state index in [0.29, 0.717) is 22.0 Å². The molecule has 4 rings (SSSR count). The predicted molar refractivity (Wildman–Crippen MR) is 134 cm³/mol. The number of benzene rings is 4. The van der Waals surface area contributed by atoms with Crippen LogP contribution >= 0.6 is 23.2 Å². The van der Waals surface area contributed by atoms with Crippen LogP contribution in [0.5, 0.6) is 0 Å². The molecular weight excluding hydrogens is 455 g/mol. The van der Waals surface area contributed by atoms with Crippen LogP contribution in [0.3, 0.4) is 0 Å². The number of hydrogen-bond acceptors (Lipinski definition) is 2. The second-order valence-corrected chi connectivity index (χ2v) is 8.24. The Morgan fingerprint density at radius 1 is 0.636 bits per heavy atom. The molecular formula is C27H20Cl2N2O2. The number of carbonyl (C=O) groups is 2. The largest absolute Gasteiger partial charge is 0.325 e. The average molecular weight is 475 g/mol. The smallest absolute Gasteiger partial charge is 0.257 e. The molecule has 0 bridgehead atoms. The Morgan fingerprint density at radius 3 is 1.67 bits per heavy atom. The fraction of sp³-hybridized carbons (Fsp3) is 0.0370. The minimum atomic E-state index is -0.446. The standard InChI is InChI=1S/C27H20Cl2N2O2/c28-20-11-16-23(24(29)17-20)26(32)30-21-12-14-22(15-13-21)31-27(33)25(18-7-3-1-4-8-18)19-9-5-2-6-10-19/h1-17,25H,(H,30,32)(H,31,33). The van der Waals surface area contributed by atoms with E-state index in [-0.39, 0.29) is 16.8 Å². The Bertz CT molecular complexity index is 1220. The van der Waals surface area contributed by atoms with Crippen molar-refractivity contribution in [3.63, 3.8) is 0 Å². The first kappa shape index (κ1) is 22.6. The monoisotopic (exact) mass is 474 g/mol. The van der Waals surface area contributed by atoms with Crippen molar-refractivity contribution in [1.82, 2.24) is 0 Å². The molecule has 0 aliphatic rings. The van der Waals surface area contributed by atoms with Gasteiger partial charge in [0.05, 0.1) is 16.5 Å². The van der Waals surface area contributed by atoms with Crippen molar-refractivity contribution in [3.8, 4) is 0 Å². The topological polar surface area (TPSA) is 58.2 Å². The summed E-state index contributed by atoms with van der Waals surface area (Å²) in [6.07, 6.45) is 0. The molecule has 0 spiro atoms. The molecule has 0 saturated heterocycles. The lowest BCUT2D eigenvalue weighted by Gasteiger charge is -2.18. The number of rotatable bonds is 6. The molecule has 2 N–H and O–H groups in total. The van der Waals surface area contributed by atoms with E-state index in [1.807, 2.05) is 60.7 Å². The summed E-state index contributed by atoms with van der Waals surface area (Å²) in [5, 5.41) is 6.51. The van der Waals surface area contributed by atoms with Crippen LogP contribution in [-0.2, 0) is 4.79 Å². The van der Waals surface area contributed by atoms with Crippen molar-refractivity contribution in [2.24, 2.45) is 0 Å². The van der Waals surface area contributed by atoms with Crippen molar-refractivity contribution in [1.29, 1.82) is 0 Å². The van der Waals surface area contributed by atoms with Crippen molar-refractivity contribution in [3.05, 3.63) is 130 Å². The first-order valence-corrected chi connectivity index (χ1v) is 11.0. The van der Waals surface area contributed by atoms with Gasteiger partial charge in [0.25, 0.3) is 5.91 Å². The lowest BCUT2D eigenvalue weighted by Crippen LogP contribution is -2.22. The van der Waals surface area contributed by atoms with Crippen molar-refractivity contribution < 1.29 is 9.59 Å². The van der Waals surface area contributed by atoms with Gasteiger partial charge in [-0.2, -0.15) is 0 Å². The van der Waals surface area contributed by atoms with E-state index >= 15 is 0 Å². The second kappa shape index (κ2) is 10.3. The number of anilines is 2. The maximum atomic E-state index is 13.2. The molecule has 4 nitrogen and oxygen atoms in total. The fourth-order valence-electron chi connectivity index (χ4n) is 3.51. The van der Waals surface area contributed by atoms with Gasteiger partial charge in [-0.3, -0.25) is 9.59 Å². The summed E-state index contributed by atoms with van der Waals surface area (Å²) in [7, 11) is 0. The molecule has 164 valence electrons. The third kappa shape index (κ3) is 5.61. The molecule has 4 aromatic rings. The number of carbonyl (C=O) groups excluding carboxylic acids is 2. The molecule has 0 saturated carbocycles. The first-order chi connectivity index (χ1) is 16.0. The molecule has 0 aliphatic carbocycles. The summed E-state index contributed by atoms with van der Waals surface area (Å²) in [5.74, 6) is -0.933. The van der Waals surface area contributed by atoms with Crippen molar-refractivity contribution in [2.75, 3.05) is 10.6 Å². The van der Waals surface area contributed by atoms with Gasteiger partial charge in [-0.25, -0.2) is 0 Å². The molecule has 4 aromatic carbocycles. The zero-order valence-electron chi connectivity index (χ0n) is 17.5. The summed E-state index contributed by atoms with van der Waals surface area (Å²) in [6, 6.07) is 30.9. The molecule has 33 heavy (non-hydrogen) atoms. The van der Waals surface area contributed by atoms with Gasteiger partial charge in [0.2, 0.25) is 5.91 Å². The zero-order valence-corrected chi connectivity index (χ0v) is 19.0. The number of halogens is 2. The first-order valence-electron chi connectivity index (χ1n) is 10.3. The lowest BCUT2D eigenvalue weighted by atomic mass is 9.90. The average Bonchev–Trinajstić information content (AvgIpc) is 2.82. The van der Waals surface area contributed by atoms with E-state index in [4.69, 9.17) is 23.2 Å². The Kier molecular flexibility index (Phi) is 7.08. The molecule has 2 amide bonds. The highest BCUT2D eigenvalue weighted by Gasteiger charge is 2.22. The summed E-state index contributed by atoms with van der Waals surface area (Å²) in [4.78, 5) is 25.7.